The maximum Gasteiger partial charge on any atom is 0.308 e. The first-order valence-corrected chi connectivity index (χ1v) is 2.99. The van der Waals surface area contributed by atoms with Crippen molar-refractivity contribution in [1.29, 1.82) is 5.41 Å². The molecule has 0 saturated carbocycles. The van der Waals surface area contributed by atoms with Gasteiger partial charge in [0.2, 0.25) is 0 Å². The lowest BCUT2D eigenvalue weighted by Gasteiger charge is -1.98. The highest BCUT2D eigenvalue weighted by Gasteiger charge is 1.88. The van der Waals surface area contributed by atoms with Gasteiger partial charge in [0, 0.05) is 0 Å². The molecule has 0 amide bonds. The summed E-state index contributed by atoms with van der Waals surface area (Å²) >= 11 is 0. The Morgan fingerprint density at radius 2 is 2.44 bits per heavy atom. The van der Waals surface area contributed by atoms with Gasteiger partial charge in [-0.25, -0.2) is 10.4 Å². The lowest BCUT2D eigenvalue weighted by molar-refractivity contribution is 0.290. The number of amidine groups is 1. The van der Waals surface area contributed by atoms with Crippen LogP contribution < -0.4 is 0 Å². The van der Waals surface area contributed by atoms with E-state index < -0.39 is 0 Å². The van der Waals surface area contributed by atoms with E-state index in [-0.39, 0.29) is 6.02 Å². The second-order valence-electron chi connectivity index (χ2n) is 1.67. The lowest BCUT2D eigenvalue weighted by Crippen LogP contribution is -2.00. The van der Waals surface area contributed by atoms with Crippen LogP contribution >= 0.6 is 0 Å². The molecule has 0 aliphatic rings. The van der Waals surface area contributed by atoms with Gasteiger partial charge in [0.05, 0.1) is 6.61 Å². The summed E-state index contributed by atoms with van der Waals surface area (Å²) in [5.74, 6) is 0. The maximum atomic E-state index is 6.86. The Morgan fingerprint density at radius 3 is 2.89 bits per heavy atom. The third-order valence-corrected chi connectivity index (χ3v) is 0.880. The van der Waals surface area contributed by atoms with E-state index in [0.29, 0.717) is 6.61 Å². The van der Waals surface area contributed by atoms with E-state index in [1.807, 2.05) is 0 Å². The van der Waals surface area contributed by atoms with Gasteiger partial charge in [-0.15, -0.1) is 0 Å². The van der Waals surface area contributed by atoms with Crippen LogP contribution in [0.15, 0.2) is 4.99 Å². The standard InChI is InChI=1S/C6H12N2O/c1-3-4-5-9-6(7)8-2/h7H,2-5H2,1H3. The third kappa shape index (κ3) is 5.00. The van der Waals surface area contributed by atoms with Gasteiger partial charge in [0.1, 0.15) is 0 Å². The molecule has 0 aromatic heterocycles. The molecule has 0 bridgehead atoms. The molecule has 3 heteroatoms. The van der Waals surface area contributed by atoms with Crippen LogP contribution in [0.3, 0.4) is 0 Å². The zero-order valence-corrected chi connectivity index (χ0v) is 5.68. The predicted octanol–water partition coefficient (Wildman–Crippen LogP) is 1.44. The highest BCUT2D eigenvalue weighted by atomic mass is 16.5. The molecule has 0 unspecified atom stereocenters. The summed E-state index contributed by atoms with van der Waals surface area (Å²) in [4.78, 5) is 3.27. The number of nitrogens with one attached hydrogen (secondary N) is 1. The summed E-state index contributed by atoms with van der Waals surface area (Å²) < 4.78 is 4.79. The second-order valence-corrected chi connectivity index (χ2v) is 1.67. The van der Waals surface area contributed by atoms with E-state index in [1.54, 1.807) is 0 Å². The first kappa shape index (κ1) is 8.14. The van der Waals surface area contributed by atoms with Crippen LogP contribution in [0.25, 0.3) is 0 Å². The average molecular weight is 128 g/mol. The fourth-order valence-electron chi connectivity index (χ4n) is 0.359. The van der Waals surface area contributed by atoms with Crippen molar-refractivity contribution in [2.45, 2.75) is 19.8 Å². The van der Waals surface area contributed by atoms with Crippen molar-refractivity contribution in [3.05, 3.63) is 0 Å². The molecule has 0 heterocycles. The lowest BCUT2D eigenvalue weighted by atomic mass is 10.4. The van der Waals surface area contributed by atoms with E-state index in [2.05, 4.69) is 18.6 Å². The van der Waals surface area contributed by atoms with E-state index in [9.17, 15) is 0 Å². The summed E-state index contributed by atoms with van der Waals surface area (Å²) in [5.41, 5.74) is 0. The van der Waals surface area contributed by atoms with Crippen molar-refractivity contribution in [2.75, 3.05) is 6.61 Å². The Bertz CT molecular complexity index is 101. The average Bonchev–Trinajstić information content (AvgIpc) is 1.89. The zero-order chi connectivity index (χ0) is 7.11. The van der Waals surface area contributed by atoms with E-state index in [0.717, 1.165) is 12.8 Å². The fourth-order valence-corrected chi connectivity index (χ4v) is 0.359. The zero-order valence-electron chi connectivity index (χ0n) is 5.68. The molecule has 0 aromatic rings. The number of nitrogens with zero attached hydrogens (tertiary/aromatic N) is 1. The number of hydrogen-bond acceptors (Lipinski definition) is 2. The van der Waals surface area contributed by atoms with Crippen LogP contribution in [0.4, 0.5) is 0 Å². The Morgan fingerprint density at radius 1 is 1.78 bits per heavy atom. The Balaban J connectivity index is 3.07. The molecule has 0 aliphatic carbocycles. The summed E-state index contributed by atoms with van der Waals surface area (Å²) in [5, 5.41) is 6.86. The minimum atomic E-state index is -0.0801. The molecule has 0 aromatic carbocycles. The van der Waals surface area contributed by atoms with E-state index in [1.165, 1.54) is 0 Å². The van der Waals surface area contributed by atoms with Crippen LogP contribution in [0.1, 0.15) is 19.8 Å². The highest BCUT2D eigenvalue weighted by molar-refractivity contribution is 5.75. The quantitative estimate of drug-likeness (QED) is 0.349. The van der Waals surface area contributed by atoms with Gasteiger partial charge in [0.25, 0.3) is 0 Å². The van der Waals surface area contributed by atoms with Crippen molar-refractivity contribution >= 4 is 12.7 Å². The molecule has 0 rings (SSSR count). The minimum absolute atomic E-state index is 0.0801. The normalized spacial score (nSPS) is 8.56. The summed E-state index contributed by atoms with van der Waals surface area (Å²) in [6.45, 7) is 5.78. The van der Waals surface area contributed by atoms with Crippen LogP contribution in [0, 0.1) is 5.41 Å². The Labute approximate surface area is 55.3 Å². The second kappa shape index (κ2) is 5.28. The van der Waals surface area contributed by atoms with Gasteiger partial charge in [-0.1, -0.05) is 13.3 Å². The molecule has 3 nitrogen and oxygen atoms in total. The van der Waals surface area contributed by atoms with Crippen molar-refractivity contribution in [2.24, 2.45) is 4.99 Å². The largest absolute Gasteiger partial charge is 0.464 e. The molecule has 0 saturated heterocycles. The van der Waals surface area contributed by atoms with Gasteiger partial charge >= 0.3 is 6.02 Å². The van der Waals surface area contributed by atoms with Crippen molar-refractivity contribution in [1.82, 2.24) is 0 Å². The number of hydrogen-bond donors (Lipinski definition) is 1. The molecule has 0 atom stereocenters. The molecular formula is C6H12N2O. The molecule has 1 N–H and O–H groups in total. The SMILES string of the molecule is C=NC(=N)OCCCC. The number of rotatable bonds is 3. The van der Waals surface area contributed by atoms with Crippen LogP contribution in [0.5, 0.6) is 0 Å². The molecule has 0 spiro atoms. The smallest absolute Gasteiger partial charge is 0.308 e. The number of ether oxygens (including phenoxy) is 1. The summed E-state index contributed by atoms with van der Waals surface area (Å²) in [6, 6.07) is -0.0801. The topological polar surface area (TPSA) is 45.4 Å². The number of unbranched alkanes of at least 4 members (excludes halogenated alkanes) is 1. The molecule has 52 valence electrons. The van der Waals surface area contributed by atoms with E-state index in [4.69, 9.17) is 10.1 Å². The van der Waals surface area contributed by atoms with Gasteiger partial charge in [-0.2, -0.15) is 0 Å². The summed E-state index contributed by atoms with van der Waals surface area (Å²) in [6.07, 6.45) is 2.04. The monoisotopic (exact) mass is 128 g/mol. The number of aliphatic imine (C=N–C) groups is 1. The van der Waals surface area contributed by atoms with Gasteiger partial charge in [-0.3, -0.25) is 0 Å². The van der Waals surface area contributed by atoms with Crippen molar-refractivity contribution in [3.8, 4) is 0 Å². The molecular weight excluding hydrogens is 116 g/mol. The van der Waals surface area contributed by atoms with Gasteiger partial charge in [0.15, 0.2) is 0 Å². The van der Waals surface area contributed by atoms with Crippen LogP contribution in [0.2, 0.25) is 0 Å². The van der Waals surface area contributed by atoms with Crippen LogP contribution in [-0.2, 0) is 4.74 Å². The van der Waals surface area contributed by atoms with Gasteiger partial charge < -0.3 is 4.74 Å². The molecule has 9 heavy (non-hydrogen) atoms. The summed E-state index contributed by atoms with van der Waals surface area (Å²) in [7, 11) is 0. The Kier molecular flexibility index (Phi) is 4.78. The fraction of sp³-hybridized carbons (Fsp3) is 0.667. The van der Waals surface area contributed by atoms with Crippen molar-refractivity contribution in [3.63, 3.8) is 0 Å². The molecule has 0 radical (unpaired) electrons. The Hall–Kier alpha value is -0.860. The predicted molar refractivity (Wildman–Crippen MR) is 38.1 cm³/mol. The molecule has 0 fully saturated rings. The first-order valence-electron chi connectivity index (χ1n) is 2.99. The third-order valence-electron chi connectivity index (χ3n) is 0.880. The van der Waals surface area contributed by atoms with E-state index >= 15 is 0 Å². The maximum absolute atomic E-state index is 6.86. The highest BCUT2D eigenvalue weighted by Crippen LogP contribution is 1.88. The minimum Gasteiger partial charge on any atom is -0.464 e. The van der Waals surface area contributed by atoms with Crippen molar-refractivity contribution < 1.29 is 4.74 Å². The first-order chi connectivity index (χ1) is 4.31. The van der Waals surface area contributed by atoms with Crippen LogP contribution in [-0.4, -0.2) is 19.3 Å². The van der Waals surface area contributed by atoms with Gasteiger partial charge in [-0.05, 0) is 13.1 Å². The molecule has 0 aliphatic heterocycles.